The number of nitro benzene ring substituents is 1. The van der Waals surface area contributed by atoms with Crippen molar-refractivity contribution in [2.24, 2.45) is 0 Å². The predicted octanol–water partition coefficient (Wildman–Crippen LogP) is -0.732. The molecule has 0 aromatic heterocycles. The van der Waals surface area contributed by atoms with Gasteiger partial charge in [0.2, 0.25) is 10.0 Å². The lowest BCUT2D eigenvalue weighted by Gasteiger charge is -2.21. The molecule has 0 heterocycles. The normalized spacial score (nSPS) is 11.6. The Kier molecular flexibility index (Phi) is 5.93. The highest BCUT2D eigenvalue weighted by Gasteiger charge is 2.33. The third-order valence-corrected chi connectivity index (χ3v) is 4.67. The smallest absolute Gasteiger partial charge is 0.344 e. The number of benzene rings is 1. The number of hydrogen-bond acceptors (Lipinski definition) is 7. The van der Waals surface area contributed by atoms with E-state index in [0.29, 0.717) is 4.31 Å². The molecule has 1 aromatic rings. The van der Waals surface area contributed by atoms with Gasteiger partial charge in [0.15, 0.2) is 5.56 Å². The van der Waals surface area contributed by atoms with Gasteiger partial charge in [0.25, 0.3) is 5.69 Å². The molecule has 122 valence electrons. The maximum atomic E-state index is 12.4. The number of rotatable bonds is 8. The molecular weight excluding hydrogens is 320 g/mol. The van der Waals surface area contributed by atoms with Crippen LogP contribution in [0.1, 0.15) is 10.4 Å². The minimum Gasteiger partial charge on any atom is -0.477 e. The minimum absolute atomic E-state index is 0.384. The molecule has 0 saturated carbocycles. The molecule has 0 aliphatic heterocycles. The maximum absolute atomic E-state index is 12.4. The summed E-state index contributed by atoms with van der Waals surface area (Å²) in [6.45, 7) is -1.89. The fourth-order valence-electron chi connectivity index (χ4n) is 1.82. The fourth-order valence-corrected chi connectivity index (χ4v) is 3.44. The van der Waals surface area contributed by atoms with Gasteiger partial charge in [0.1, 0.15) is 4.90 Å². The van der Waals surface area contributed by atoms with Crippen molar-refractivity contribution >= 4 is 21.7 Å². The van der Waals surface area contributed by atoms with E-state index in [4.69, 9.17) is 15.3 Å². The van der Waals surface area contributed by atoms with E-state index in [2.05, 4.69) is 0 Å². The van der Waals surface area contributed by atoms with Crippen LogP contribution in [0, 0.1) is 10.1 Å². The first-order valence-electron chi connectivity index (χ1n) is 6.00. The van der Waals surface area contributed by atoms with E-state index in [1.165, 1.54) is 0 Å². The number of hydrogen-bond donors (Lipinski definition) is 3. The van der Waals surface area contributed by atoms with Gasteiger partial charge in [-0.2, -0.15) is 4.31 Å². The summed E-state index contributed by atoms with van der Waals surface area (Å²) in [7, 11) is -4.43. The van der Waals surface area contributed by atoms with Gasteiger partial charge in [-0.1, -0.05) is 6.07 Å². The van der Waals surface area contributed by atoms with Crippen LogP contribution in [0.15, 0.2) is 23.1 Å². The number of carbonyl (C=O) groups is 1. The Morgan fingerprint density at radius 2 is 1.77 bits per heavy atom. The molecule has 0 radical (unpaired) electrons. The van der Waals surface area contributed by atoms with Crippen molar-refractivity contribution in [2.45, 2.75) is 4.90 Å². The second-order valence-corrected chi connectivity index (χ2v) is 5.97. The lowest BCUT2D eigenvalue weighted by molar-refractivity contribution is -0.385. The van der Waals surface area contributed by atoms with Crippen LogP contribution >= 0.6 is 0 Å². The predicted molar refractivity (Wildman–Crippen MR) is 73.0 cm³/mol. The summed E-state index contributed by atoms with van der Waals surface area (Å²) < 4.78 is 25.5. The molecule has 22 heavy (non-hydrogen) atoms. The average Bonchev–Trinajstić information content (AvgIpc) is 2.45. The highest BCUT2D eigenvalue weighted by molar-refractivity contribution is 7.89. The van der Waals surface area contributed by atoms with E-state index in [-0.39, 0.29) is 13.1 Å². The summed E-state index contributed by atoms with van der Waals surface area (Å²) in [6.07, 6.45) is 0. The number of aliphatic hydroxyl groups is 2. The lowest BCUT2D eigenvalue weighted by Crippen LogP contribution is -2.36. The van der Waals surface area contributed by atoms with Gasteiger partial charge in [-0.25, -0.2) is 13.2 Å². The first-order valence-corrected chi connectivity index (χ1v) is 7.44. The number of aromatic carboxylic acids is 1. The monoisotopic (exact) mass is 334 g/mol. The molecular formula is C11H14N2O8S. The van der Waals surface area contributed by atoms with Crippen molar-refractivity contribution in [3.05, 3.63) is 33.9 Å². The highest BCUT2D eigenvalue weighted by Crippen LogP contribution is 2.28. The van der Waals surface area contributed by atoms with E-state index in [1.54, 1.807) is 0 Å². The first-order chi connectivity index (χ1) is 10.3. The van der Waals surface area contributed by atoms with Crippen LogP contribution in [0.3, 0.4) is 0 Å². The number of nitro groups is 1. The quantitative estimate of drug-likeness (QED) is 0.414. The Hall–Kier alpha value is -2.08. The zero-order chi connectivity index (χ0) is 16.9. The zero-order valence-corrected chi connectivity index (χ0v) is 12.1. The van der Waals surface area contributed by atoms with Crippen LogP contribution in [-0.4, -0.2) is 65.2 Å². The van der Waals surface area contributed by atoms with Gasteiger partial charge in [-0.05, 0) is 6.07 Å². The van der Waals surface area contributed by atoms with E-state index in [1.807, 2.05) is 0 Å². The molecule has 0 atom stereocenters. The highest BCUT2D eigenvalue weighted by atomic mass is 32.2. The Labute approximate surface area is 125 Å². The van der Waals surface area contributed by atoms with Crippen molar-refractivity contribution in [3.8, 4) is 0 Å². The number of sulfonamides is 1. The fraction of sp³-hybridized carbons (Fsp3) is 0.364. The number of carboxylic acid groups (broad SMARTS) is 1. The van der Waals surface area contributed by atoms with Gasteiger partial charge < -0.3 is 15.3 Å². The van der Waals surface area contributed by atoms with Crippen molar-refractivity contribution in [3.63, 3.8) is 0 Å². The topological polar surface area (TPSA) is 158 Å². The van der Waals surface area contributed by atoms with Crippen molar-refractivity contribution in [2.75, 3.05) is 26.3 Å². The van der Waals surface area contributed by atoms with Crippen LogP contribution < -0.4 is 0 Å². The van der Waals surface area contributed by atoms with Gasteiger partial charge in [-0.15, -0.1) is 0 Å². The molecule has 1 aromatic carbocycles. The van der Waals surface area contributed by atoms with Gasteiger partial charge >= 0.3 is 5.97 Å². The molecule has 3 N–H and O–H groups in total. The summed E-state index contributed by atoms with van der Waals surface area (Å²) in [5.41, 5.74) is -1.82. The summed E-state index contributed by atoms with van der Waals surface area (Å²) in [4.78, 5) is 20.4. The van der Waals surface area contributed by atoms with E-state index in [0.717, 1.165) is 18.2 Å². The van der Waals surface area contributed by atoms with Crippen LogP contribution in [0.2, 0.25) is 0 Å². The molecule has 0 aliphatic carbocycles. The molecule has 0 unspecified atom stereocenters. The van der Waals surface area contributed by atoms with Crippen LogP contribution in [-0.2, 0) is 10.0 Å². The minimum atomic E-state index is -4.43. The first kappa shape index (κ1) is 18.0. The molecule has 0 spiro atoms. The Morgan fingerprint density at radius 1 is 1.23 bits per heavy atom. The van der Waals surface area contributed by atoms with E-state index in [9.17, 15) is 23.3 Å². The summed E-state index contributed by atoms with van der Waals surface area (Å²) in [6, 6.07) is 2.85. The second-order valence-electron chi connectivity index (χ2n) is 4.06. The largest absolute Gasteiger partial charge is 0.477 e. The Morgan fingerprint density at radius 3 is 2.18 bits per heavy atom. The molecule has 0 aliphatic rings. The van der Waals surface area contributed by atoms with Gasteiger partial charge in [0, 0.05) is 19.2 Å². The number of aliphatic hydroxyl groups excluding tert-OH is 2. The molecule has 0 fully saturated rings. The summed E-state index contributed by atoms with van der Waals surface area (Å²) >= 11 is 0. The maximum Gasteiger partial charge on any atom is 0.344 e. The second kappa shape index (κ2) is 7.26. The van der Waals surface area contributed by atoms with Gasteiger partial charge in [0.05, 0.1) is 18.1 Å². The number of nitrogens with zero attached hydrogens (tertiary/aromatic N) is 2. The molecule has 0 saturated heterocycles. The molecule has 0 amide bonds. The van der Waals surface area contributed by atoms with Crippen LogP contribution in [0.5, 0.6) is 0 Å². The molecule has 0 bridgehead atoms. The van der Waals surface area contributed by atoms with Crippen LogP contribution in [0.25, 0.3) is 0 Å². The standard InChI is InChI=1S/C11H14N2O8S/c14-6-4-12(5-7-15)22(20,21)9-3-1-2-8(13(18)19)10(9)11(16)17/h1-3,14-15H,4-7H2,(H,16,17). The van der Waals surface area contributed by atoms with Crippen molar-refractivity contribution < 1.29 is 33.5 Å². The Balaban J connectivity index is 3.56. The lowest BCUT2D eigenvalue weighted by atomic mass is 10.2. The summed E-state index contributed by atoms with van der Waals surface area (Å²) in [5, 5.41) is 37.8. The van der Waals surface area contributed by atoms with Crippen molar-refractivity contribution in [1.29, 1.82) is 0 Å². The molecule has 1 rings (SSSR count). The average molecular weight is 334 g/mol. The SMILES string of the molecule is O=C(O)c1c([N+](=O)[O-])cccc1S(=O)(=O)N(CCO)CCO. The Bertz CT molecular complexity index is 667. The van der Waals surface area contributed by atoms with Crippen LogP contribution in [0.4, 0.5) is 5.69 Å². The zero-order valence-electron chi connectivity index (χ0n) is 11.2. The van der Waals surface area contributed by atoms with E-state index >= 15 is 0 Å². The third kappa shape index (κ3) is 3.57. The van der Waals surface area contributed by atoms with Crippen molar-refractivity contribution in [1.82, 2.24) is 4.31 Å². The molecule has 11 heteroatoms. The number of carboxylic acids is 1. The third-order valence-electron chi connectivity index (χ3n) is 2.73. The summed E-state index contributed by atoms with van der Waals surface area (Å²) in [5.74, 6) is -1.76. The van der Waals surface area contributed by atoms with E-state index < -0.39 is 50.3 Å². The van der Waals surface area contributed by atoms with Gasteiger partial charge in [-0.3, -0.25) is 10.1 Å². The molecule has 10 nitrogen and oxygen atoms in total.